The molecule has 3 heterocycles. The number of pyridine rings is 1. The molecule has 0 saturated carbocycles. The molecule has 2 fully saturated rings. The first-order chi connectivity index (χ1) is 8.33. The van der Waals surface area contributed by atoms with Gasteiger partial charge in [0.2, 0.25) is 0 Å². The lowest BCUT2D eigenvalue weighted by molar-refractivity contribution is -0.137. The van der Waals surface area contributed by atoms with Gasteiger partial charge >= 0.3 is 0 Å². The van der Waals surface area contributed by atoms with E-state index in [9.17, 15) is 0 Å². The Balaban J connectivity index is 1.82. The number of anilines is 1. The van der Waals surface area contributed by atoms with Gasteiger partial charge in [-0.05, 0) is 11.6 Å². The predicted molar refractivity (Wildman–Crippen MR) is 63.6 cm³/mol. The van der Waals surface area contributed by atoms with Gasteiger partial charge in [-0.3, -0.25) is 4.98 Å². The van der Waals surface area contributed by atoms with Crippen LogP contribution in [-0.4, -0.2) is 37.1 Å². The van der Waals surface area contributed by atoms with Gasteiger partial charge in [-0.2, -0.15) is 0 Å². The molecule has 92 valence electrons. The molecule has 3 rings (SSSR count). The van der Waals surface area contributed by atoms with Crippen LogP contribution < -0.4 is 10.6 Å². The second kappa shape index (κ2) is 4.25. The summed E-state index contributed by atoms with van der Waals surface area (Å²) in [6.07, 6.45) is 4.56. The molecule has 2 saturated heterocycles. The number of rotatable bonds is 2. The second-order valence-electron chi connectivity index (χ2n) is 4.49. The van der Waals surface area contributed by atoms with Crippen LogP contribution in [0.4, 0.5) is 5.69 Å². The summed E-state index contributed by atoms with van der Waals surface area (Å²) in [6.45, 7) is 3.63. The average Bonchev–Trinajstić information content (AvgIpc) is 3.00. The maximum absolute atomic E-state index is 5.75. The van der Waals surface area contributed by atoms with Gasteiger partial charge in [0.05, 0.1) is 31.6 Å². The Bertz CT molecular complexity index is 404. The molecule has 1 aromatic rings. The highest BCUT2D eigenvalue weighted by Crippen LogP contribution is 2.34. The number of nitrogens with zero attached hydrogens (tertiary/aromatic N) is 2. The highest BCUT2D eigenvalue weighted by molar-refractivity contribution is 5.52. The van der Waals surface area contributed by atoms with Crippen molar-refractivity contribution >= 4 is 5.69 Å². The summed E-state index contributed by atoms with van der Waals surface area (Å²) in [5.74, 6) is -0.387. The molecule has 2 aliphatic heterocycles. The number of nitrogens with two attached hydrogens (primary N) is 1. The van der Waals surface area contributed by atoms with Crippen LogP contribution in [0.15, 0.2) is 18.5 Å². The van der Waals surface area contributed by atoms with E-state index in [4.69, 9.17) is 15.2 Å². The average molecular weight is 235 g/mol. The Morgan fingerprint density at radius 2 is 2.24 bits per heavy atom. The third-order valence-corrected chi connectivity index (χ3v) is 3.46. The fourth-order valence-electron chi connectivity index (χ4n) is 2.56. The van der Waals surface area contributed by atoms with Crippen molar-refractivity contribution < 1.29 is 9.47 Å². The fourth-order valence-corrected chi connectivity index (χ4v) is 2.56. The quantitative estimate of drug-likeness (QED) is 0.808. The van der Waals surface area contributed by atoms with Crippen LogP contribution in [0, 0.1) is 0 Å². The van der Waals surface area contributed by atoms with Crippen LogP contribution in [0.25, 0.3) is 0 Å². The highest BCUT2D eigenvalue weighted by atomic mass is 16.7. The zero-order valence-corrected chi connectivity index (χ0v) is 9.76. The Labute approximate surface area is 101 Å². The van der Waals surface area contributed by atoms with Crippen LogP contribution >= 0.6 is 0 Å². The molecule has 5 nitrogen and oxygen atoms in total. The molecule has 0 aliphatic carbocycles. The van der Waals surface area contributed by atoms with Gasteiger partial charge in [0.1, 0.15) is 0 Å². The second-order valence-corrected chi connectivity index (χ2v) is 4.49. The molecule has 0 aromatic carbocycles. The van der Waals surface area contributed by atoms with Crippen LogP contribution in [0.1, 0.15) is 12.0 Å². The van der Waals surface area contributed by atoms with Crippen LogP contribution in [-0.2, 0) is 16.0 Å². The maximum atomic E-state index is 5.75. The van der Waals surface area contributed by atoms with Crippen molar-refractivity contribution in [3.8, 4) is 0 Å². The standard InChI is InChI=1S/C12H17N3O2/c13-7-10-1-3-14-8-11(10)15-4-2-12(9-15)16-5-6-17-12/h1,3,8H,2,4-7,9,13H2. The summed E-state index contributed by atoms with van der Waals surface area (Å²) < 4.78 is 11.4. The first-order valence-corrected chi connectivity index (χ1v) is 5.99. The largest absolute Gasteiger partial charge is 0.364 e. The van der Waals surface area contributed by atoms with E-state index in [1.54, 1.807) is 6.20 Å². The normalized spacial score (nSPS) is 22.5. The summed E-state index contributed by atoms with van der Waals surface area (Å²) in [6, 6.07) is 1.97. The monoisotopic (exact) mass is 235 g/mol. The van der Waals surface area contributed by atoms with Gasteiger partial charge in [0.15, 0.2) is 5.79 Å². The van der Waals surface area contributed by atoms with Crippen LogP contribution in [0.5, 0.6) is 0 Å². The van der Waals surface area contributed by atoms with E-state index in [0.29, 0.717) is 19.8 Å². The van der Waals surface area contributed by atoms with E-state index in [1.807, 2.05) is 12.3 Å². The van der Waals surface area contributed by atoms with E-state index in [2.05, 4.69) is 9.88 Å². The molecule has 1 aromatic heterocycles. The molecule has 0 unspecified atom stereocenters. The topological polar surface area (TPSA) is 60.6 Å². The first-order valence-electron chi connectivity index (χ1n) is 5.99. The molecular weight excluding hydrogens is 218 g/mol. The minimum atomic E-state index is -0.387. The Kier molecular flexibility index (Phi) is 2.74. The number of ether oxygens (including phenoxy) is 2. The fraction of sp³-hybridized carbons (Fsp3) is 0.583. The summed E-state index contributed by atoms with van der Waals surface area (Å²) in [5, 5.41) is 0. The van der Waals surface area contributed by atoms with E-state index in [-0.39, 0.29) is 5.79 Å². The number of hydrogen-bond donors (Lipinski definition) is 1. The van der Waals surface area contributed by atoms with Gasteiger partial charge in [0.25, 0.3) is 0 Å². The summed E-state index contributed by atoms with van der Waals surface area (Å²) >= 11 is 0. The molecular formula is C12H17N3O2. The first kappa shape index (κ1) is 11.0. The Morgan fingerprint density at radius 3 is 3.00 bits per heavy atom. The van der Waals surface area contributed by atoms with Gasteiger partial charge in [-0.1, -0.05) is 0 Å². The minimum absolute atomic E-state index is 0.387. The summed E-state index contributed by atoms with van der Waals surface area (Å²) in [4.78, 5) is 6.42. The number of hydrogen-bond acceptors (Lipinski definition) is 5. The van der Waals surface area contributed by atoms with E-state index >= 15 is 0 Å². The lowest BCUT2D eigenvalue weighted by Crippen LogP contribution is -2.34. The molecule has 0 amide bonds. The molecule has 2 N–H and O–H groups in total. The third-order valence-electron chi connectivity index (χ3n) is 3.46. The van der Waals surface area contributed by atoms with E-state index in [1.165, 1.54) is 0 Å². The van der Waals surface area contributed by atoms with E-state index in [0.717, 1.165) is 30.8 Å². The highest BCUT2D eigenvalue weighted by Gasteiger charge is 2.43. The molecule has 1 spiro atoms. The van der Waals surface area contributed by atoms with Gasteiger partial charge < -0.3 is 20.1 Å². The van der Waals surface area contributed by atoms with Crippen LogP contribution in [0.3, 0.4) is 0 Å². The summed E-state index contributed by atoms with van der Waals surface area (Å²) in [7, 11) is 0. The van der Waals surface area contributed by atoms with Crippen molar-refractivity contribution in [3.63, 3.8) is 0 Å². The van der Waals surface area contributed by atoms with Gasteiger partial charge in [-0.15, -0.1) is 0 Å². The zero-order chi connectivity index (χ0) is 11.7. The number of aromatic nitrogens is 1. The van der Waals surface area contributed by atoms with Crippen molar-refractivity contribution in [1.29, 1.82) is 0 Å². The molecule has 17 heavy (non-hydrogen) atoms. The molecule has 5 heteroatoms. The smallest absolute Gasteiger partial charge is 0.187 e. The van der Waals surface area contributed by atoms with Crippen molar-refractivity contribution in [2.45, 2.75) is 18.8 Å². The van der Waals surface area contributed by atoms with Gasteiger partial charge in [0, 0.05) is 25.7 Å². The van der Waals surface area contributed by atoms with Crippen molar-refractivity contribution in [1.82, 2.24) is 4.98 Å². The van der Waals surface area contributed by atoms with Crippen molar-refractivity contribution in [3.05, 3.63) is 24.0 Å². The Hall–Kier alpha value is -1.17. The molecule has 2 aliphatic rings. The SMILES string of the molecule is NCc1ccncc1N1CCC2(C1)OCCO2. The zero-order valence-electron chi connectivity index (χ0n) is 9.76. The van der Waals surface area contributed by atoms with Gasteiger partial charge in [-0.25, -0.2) is 0 Å². The van der Waals surface area contributed by atoms with E-state index < -0.39 is 0 Å². The minimum Gasteiger partial charge on any atom is -0.364 e. The summed E-state index contributed by atoms with van der Waals surface area (Å²) in [5.41, 5.74) is 7.97. The predicted octanol–water partition coefficient (Wildman–Crippen LogP) is 0.493. The maximum Gasteiger partial charge on any atom is 0.187 e. The van der Waals surface area contributed by atoms with Crippen molar-refractivity contribution in [2.24, 2.45) is 5.73 Å². The van der Waals surface area contributed by atoms with Crippen molar-refractivity contribution in [2.75, 3.05) is 31.2 Å². The lowest BCUT2D eigenvalue weighted by Gasteiger charge is -2.24. The molecule has 0 bridgehead atoms. The Morgan fingerprint density at radius 1 is 1.41 bits per heavy atom. The van der Waals surface area contributed by atoms with Crippen LogP contribution in [0.2, 0.25) is 0 Å². The lowest BCUT2D eigenvalue weighted by atomic mass is 10.2. The molecule has 0 atom stereocenters. The third kappa shape index (κ3) is 1.90. The molecule has 0 radical (unpaired) electrons.